The predicted octanol–water partition coefficient (Wildman–Crippen LogP) is 6.42. The molecule has 1 aromatic carbocycles. The van der Waals surface area contributed by atoms with Gasteiger partial charge in [0, 0.05) is 11.0 Å². The molecule has 1 heterocycles. The lowest BCUT2D eigenvalue weighted by atomic mass is 9.72. The van der Waals surface area contributed by atoms with Gasteiger partial charge < -0.3 is 5.32 Å². The van der Waals surface area contributed by atoms with E-state index in [4.69, 9.17) is 12.2 Å². The van der Waals surface area contributed by atoms with Crippen molar-refractivity contribution in [3.05, 3.63) is 57.5 Å². The summed E-state index contributed by atoms with van der Waals surface area (Å²) in [6, 6.07) is 10.5. The van der Waals surface area contributed by atoms with Crippen molar-refractivity contribution in [2.45, 2.75) is 59.8 Å². The second-order valence-electron chi connectivity index (χ2n) is 9.72. The van der Waals surface area contributed by atoms with Crippen LogP contribution in [0.5, 0.6) is 0 Å². The number of thiophene rings is 1. The average molecular weight is 466 g/mol. The van der Waals surface area contributed by atoms with E-state index in [1.165, 1.54) is 16.5 Å². The van der Waals surface area contributed by atoms with Crippen LogP contribution >= 0.6 is 23.6 Å². The quantitative estimate of drug-likeness (QED) is 0.404. The Hall–Kier alpha value is -2.49. The Morgan fingerprint density at radius 3 is 2.56 bits per heavy atom. The van der Waals surface area contributed by atoms with Crippen molar-refractivity contribution in [1.82, 2.24) is 5.32 Å². The Morgan fingerprint density at radius 2 is 1.97 bits per heavy atom. The van der Waals surface area contributed by atoms with Crippen LogP contribution in [0.4, 0.5) is 5.00 Å². The Balaban J connectivity index is 1.63. The van der Waals surface area contributed by atoms with Crippen LogP contribution in [0.15, 0.2) is 30.3 Å². The molecule has 0 bridgehead atoms. The molecule has 1 aromatic heterocycles. The van der Waals surface area contributed by atoms with Crippen molar-refractivity contribution in [2.24, 2.45) is 11.3 Å². The van der Waals surface area contributed by atoms with Crippen molar-refractivity contribution in [3.8, 4) is 6.07 Å². The largest absolute Gasteiger partial charge is 0.323 e. The highest BCUT2D eigenvalue weighted by molar-refractivity contribution is 7.80. The van der Waals surface area contributed by atoms with E-state index in [0.29, 0.717) is 17.4 Å². The number of benzene rings is 1. The first-order valence-corrected chi connectivity index (χ1v) is 12.3. The van der Waals surface area contributed by atoms with Gasteiger partial charge >= 0.3 is 0 Å². The molecule has 32 heavy (non-hydrogen) atoms. The summed E-state index contributed by atoms with van der Waals surface area (Å²) in [4.78, 5) is 13.6. The highest BCUT2D eigenvalue weighted by Gasteiger charge is 2.32. The maximum atomic E-state index is 12.3. The van der Waals surface area contributed by atoms with Crippen LogP contribution in [0.25, 0.3) is 6.08 Å². The van der Waals surface area contributed by atoms with E-state index in [-0.39, 0.29) is 16.4 Å². The SMILES string of the molecule is CC(C)c1ccc(/C=C/C(=O)NC(=S)Nc2sc3c(c2C#N)CC[C@H](C(C)(C)C)C3)cc1. The van der Waals surface area contributed by atoms with Crippen molar-refractivity contribution in [1.29, 1.82) is 5.26 Å². The zero-order valence-electron chi connectivity index (χ0n) is 19.4. The van der Waals surface area contributed by atoms with E-state index in [1.54, 1.807) is 17.4 Å². The van der Waals surface area contributed by atoms with Crippen LogP contribution in [0.1, 0.15) is 74.1 Å². The Labute approximate surface area is 200 Å². The van der Waals surface area contributed by atoms with Gasteiger partial charge in [-0.1, -0.05) is 58.9 Å². The highest BCUT2D eigenvalue weighted by atomic mass is 32.1. The number of thiocarbonyl (C=S) groups is 1. The van der Waals surface area contributed by atoms with Gasteiger partial charge in [0.1, 0.15) is 11.1 Å². The second kappa shape index (κ2) is 9.97. The number of nitrogens with zero attached hydrogens (tertiary/aromatic N) is 1. The van der Waals surface area contributed by atoms with Crippen LogP contribution in [-0.2, 0) is 17.6 Å². The molecule has 1 amide bonds. The van der Waals surface area contributed by atoms with Crippen LogP contribution < -0.4 is 10.6 Å². The average Bonchev–Trinajstić information content (AvgIpc) is 3.07. The predicted molar refractivity (Wildman–Crippen MR) is 138 cm³/mol. The van der Waals surface area contributed by atoms with Gasteiger partial charge in [-0.25, -0.2) is 0 Å². The Kier molecular flexibility index (Phi) is 7.53. The number of hydrogen-bond acceptors (Lipinski definition) is 4. The van der Waals surface area contributed by atoms with Crippen LogP contribution in [0, 0.1) is 22.7 Å². The summed E-state index contributed by atoms with van der Waals surface area (Å²) < 4.78 is 0. The van der Waals surface area contributed by atoms with Gasteiger partial charge in [-0.15, -0.1) is 11.3 Å². The van der Waals surface area contributed by atoms with E-state index < -0.39 is 0 Å². The summed E-state index contributed by atoms with van der Waals surface area (Å²) in [5, 5.41) is 16.4. The fraction of sp³-hybridized carbons (Fsp3) is 0.423. The maximum absolute atomic E-state index is 12.3. The molecule has 1 atom stereocenters. The number of amides is 1. The minimum Gasteiger partial charge on any atom is -0.323 e. The molecule has 0 saturated carbocycles. The number of carbonyl (C=O) groups is 1. The Bertz CT molecular complexity index is 1070. The van der Waals surface area contributed by atoms with E-state index >= 15 is 0 Å². The first-order valence-electron chi connectivity index (χ1n) is 11.0. The zero-order valence-corrected chi connectivity index (χ0v) is 21.0. The van der Waals surface area contributed by atoms with Crippen molar-refractivity contribution in [3.63, 3.8) is 0 Å². The van der Waals surface area contributed by atoms with Crippen molar-refractivity contribution in [2.75, 3.05) is 5.32 Å². The summed E-state index contributed by atoms with van der Waals surface area (Å²) in [6.45, 7) is 11.1. The zero-order chi connectivity index (χ0) is 23.5. The minimum absolute atomic E-state index is 0.206. The molecule has 4 nitrogen and oxygen atoms in total. The molecule has 0 fully saturated rings. The number of anilines is 1. The van der Waals surface area contributed by atoms with Crippen LogP contribution in [0.2, 0.25) is 0 Å². The smallest absolute Gasteiger partial charge is 0.250 e. The number of nitrogens with one attached hydrogen (secondary N) is 2. The molecule has 2 aromatic rings. The molecule has 168 valence electrons. The minimum atomic E-state index is -0.303. The molecule has 0 saturated heterocycles. The molecular formula is C26H31N3OS2. The Morgan fingerprint density at radius 1 is 1.28 bits per heavy atom. The van der Waals surface area contributed by atoms with Gasteiger partial charge in [0.2, 0.25) is 5.91 Å². The third kappa shape index (κ3) is 5.85. The molecule has 3 rings (SSSR count). The number of nitriles is 1. The van der Waals surface area contributed by atoms with Gasteiger partial charge in [-0.3, -0.25) is 10.1 Å². The monoisotopic (exact) mass is 465 g/mol. The topological polar surface area (TPSA) is 64.9 Å². The van der Waals surface area contributed by atoms with Crippen molar-refractivity contribution >= 4 is 45.7 Å². The maximum Gasteiger partial charge on any atom is 0.250 e. The first-order chi connectivity index (χ1) is 15.1. The standard InChI is InChI=1S/C26H31N3OS2/c1-16(2)18-9-6-17(7-10-18)8-13-23(30)28-25(31)29-24-21(15-27)20-12-11-19(26(3,4)5)14-22(20)32-24/h6-10,13,16,19H,11-12,14H2,1-5H3,(H2,28,29,30,31)/b13-8+/t19-/m0/s1. The highest BCUT2D eigenvalue weighted by Crippen LogP contribution is 2.43. The summed E-state index contributed by atoms with van der Waals surface area (Å²) in [5.74, 6) is 0.767. The first kappa shape index (κ1) is 24.2. The van der Waals surface area contributed by atoms with Crippen LogP contribution in [0.3, 0.4) is 0 Å². The molecule has 2 N–H and O–H groups in total. The van der Waals surface area contributed by atoms with E-state index in [0.717, 1.165) is 35.4 Å². The summed E-state index contributed by atoms with van der Waals surface area (Å²) in [7, 11) is 0. The molecule has 0 radical (unpaired) electrons. The number of hydrogen-bond donors (Lipinski definition) is 2. The van der Waals surface area contributed by atoms with Gasteiger partial charge in [0.05, 0.1) is 5.56 Å². The number of carbonyl (C=O) groups excluding carboxylic acids is 1. The summed E-state index contributed by atoms with van der Waals surface area (Å²) in [6.07, 6.45) is 6.22. The van der Waals surface area contributed by atoms with E-state index in [2.05, 4.69) is 63.5 Å². The summed E-state index contributed by atoms with van der Waals surface area (Å²) in [5.41, 5.74) is 4.26. The van der Waals surface area contributed by atoms with Gasteiger partial charge in [0.15, 0.2) is 5.11 Å². The molecule has 0 aliphatic heterocycles. The lowest BCUT2D eigenvalue weighted by molar-refractivity contribution is -0.115. The molecular weight excluding hydrogens is 434 g/mol. The molecule has 1 aliphatic rings. The lowest BCUT2D eigenvalue weighted by Crippen LogP contribution is -2.32. The number of fused-ring (bicyclic) bond motifs is 1. The molecule has 6 heteroatoms. The fourth-order valence-electron chi connectivity index (χ4n) is 3.98. The fourth-order valence-corrected chi connectivity index (χ4v) is 5.53. The molecule has 0 unspecified atom stereocenters. The van der Waals surface area contributed by atoms with Crippen molar-refractivity contribution < 1.29 is 4.79 Å². The van der Waals surface area contributed by atoms with E-state index in [9.17, 15) is 10.1 Å². The van der Waals surface area contributed by atoms with Gasteiger partial charge in [-0.2, -0.15) is 5.26 Å². The van der Waals surface area contributed by atoms with Gasteiger partial charge in [0.25, 0.3) is 0 Å². The van der Waals surface area contributed by atoms with Gasteiger partial charge in [-0.05, 0) is 71.5 Å². The lowest BCUT2D eigenvalue weighted by Gasteiger charge is -2.33. The summed E-state index contributed by atoms with van der Waals surface area (Å²) >= 11 is 6.93. The van der Waals surface area contributed by atoms with E-state index in [1.807, 2.05) is 12.1 Å². The molecule has 1 aliphatic carbocycles. The third-order valence-electron chi connectivity index (χ3n) is 6.10. The normalized spacial score (nSPS) is 16.0. The number of rotatable bonds is 4. The third-order valence-corrected chi connectivity index (χ3v) is 7.47. The second-order valence-corrected chi connectivity index (χ2v) is 11.2. The van der Waals surface area contributed by atoms with Crippen LogP contribution in [-0.4, -0.2) is 11.0 Å². The molecule has 0 spiro atoms.